The van der Waals surface area contributed by atoms with Crippen LogP contribution in [0, 0.1) is 23.2 Å². The number of para-hydroxylation sites is 1. The smallest absolute Gasteiger partial charge is 0.242 e. The van der Waals surface area contributed by atoms with Gasteiger partial charge in [-0.05, 0) is 105 Å². The zero-order valence-corrected chi connectivity index (χ0v) is 24.9. The van der Waals surface area contributed by atoms with Crippen molar-refractivity contribution in [1.29, 1.82) is 0 Å². The molecule has 2 aromatic carbocycles. The van der Waals surface area contributed by atoms with Gasteiger partial charge in [0.15, 0.2) is 11.5 Å². The molecule has 0 aliphatic heterocycles. The fourth-order valence-electron chi connectivity index (χ4n) is 8.76. The Morgan fingerprint density at radius 2 is 1.62 bits per heavy atom. The molecular formula is C35H43N3O4. The number of aromatic amines is 1. The van der Waals surface area contributed by atoms with Gasteiger partial charge in [0.05, 0.1) is 19.6 Å². The lowest BCUT2D eigenvalue weighted by Gasteiger charge is -2.56. The van der Waals surface area contributed by atoms with Gasteiger partial charge in [0.1, 0.15) is 6.54 Å². The molecule has 5 aliphatic rings. The van der Waals surface area contributed by atoms with Crippen LogP contribution in [0.25, 0.3) is 10.9 Å². The molecule has 222 valence electrons. The van der Waals surface area contributed by atoms with E-state index in [0.717, 1.165) is 49.6 Å². The zero-order valence-electron chi connectivity index (χ0n) is 24.9. The molecule has 8 rings (SSSR count). The van der Waals surface area contributed by atoms with E-state index in [1.54, 1.807) is 14.2 Å². The first-order chi connectivity index (χ1) is 20.4. The van der Waals surface area contributed by atoms with Crippen LogP contribution in [-0.4, -0.2) is 59.9 Å². The van der Waals surface area contributed by atoms with Crippen molar-refractivity contribution < 1.29 is 19.1 Å². The number of methoxy groups -OCH3 is 2. The first-order valence-electron chi connectivity index (χ1n) is 15.8. The molecule has 5 aliphatic carbocycles. The molecule has 2 amide bonds. The molecule has 1 N–H and O–H groups in total. The lowest BCUT2D eigenvalue weighted by atomic mass is 9.49. The highest BCUT2D eigenvalue weighted by atomic mass is 16.5. The summed E-state index contributed by atoms with van der Waals surface area (Å²) in [6.45, 7) is 1.19. The van der Waals surface area contributed by atoms with Crippen LogP contribution in [0.1, 0.15) is 62.5 Å². The highest BCUT2D eigenvalue weighted by Gasteiger charge is 2.56. The van der Waals surface area contributed by atoms with Gasteiger partial charge in [0, 0.05) is 36.2 Å². The monoisotopic (exact) mass is 569 g/mol. The first-order valence-corrected chi connectivity index (χ1v) is 15.8. The van der Waals surface area contributed by atoms with Crippen LogP contribution < -0.4 is 9.47 Å². The van der Waals surface area contributed by atoms with E-state index in [1.807, 2.05) is 34.1 Å². The number of carbonyl (C=O) groups is 2. The third-order valence-electron chi connectivity index (χ3n) is 10.5. The predicted octanol–water partition coefficient (Wildman–Crippen LogP) is 5.96. The minimum atomic E-state index is -0.226. The van der Waals surface area contributed by atoms with Crippen LogP contribution in [0.5, 0.6) is 11.5 Å². The van der Waals surface area contributed by atoms with Gasteiger partial charge in [-0.1, -0.05) is 24.3 Å². The average molecular weight is 570 g/mol. The van der Waals surface area contributed by atoms with Crippen LogP contribution in [-0.2, 0) is 22.6 Å². The van der Waals surface area contributed by atoms with Gasteiger partial charge >= 0.3 is 0 Å². The number of ether oxygens (including phenoxy) is 2. The molecule has 5 fully saturated rings. The Hall–Kier alpha value is -3.48. The maximum atomic E-state index is 14.4. The molecule has 5 saturated carbocycles. The minimum Gasteiger partial charge on any atom is -0.493 e. The maximum Gasteiger partial charge on any atom is 0.242 e. The van der Waals surface area contributed by atoms with Gasteiger partial charge in [-0.3, -0.25) is 9.59 Å². The van der Waals surface area contributed by atoms with Crippen molar-refractivity contribution in [3.63, 3.8) is 0 Å². The Bertz CT molecular complexity index is 1440. The summed E-state index contributed by atoms with van der Waals surface area (Å²) in [6, 6.07) is 14.3. The SMILES string of the molecule is COc1ccc(CN(CCc2c[nH]c3ccccc23)C(=O)CN(C(=O)C23CC4CC(CC(C4)C2)C3)C2CC2)cc1OC. The molecule has 7 nitrogen and oxygen atoms in total. The molecule has 0 saturated heterocycles. The fraction of sp³-hybridized carbons (Fsp3) is 0.543. The number of amides is 2. The number of aromatic nitrogens is 1. The summed E-state index contributed by atoms with van der Waals surface area (Å²) in [5, 5.41) is 1.19. The largest absolute Gasteiger partial charge is 0.493 e. The van der Waals surface area contributed by atoms with E-state index in [1.165, 1.54) is 30.2 Å². The molecule has 0 atom stereocenters. The van der Waals surface area contributed by atoms with E-state index in [0.29, 0.717) is 42.3 Å². The maximum absolute atomic E-state index is 14.4. The number of nitrogens with zero attached hydrogens (tertiary/aromatic N) is 2. The number of nitrogens with one attached hydrogen (secondary N) is 1. The number of hydrogen-bond acceptors (Lipinski definition) is 4. The van der Waals surface area contributed by atoms with Gasteiger partial charge in [0.2, 0.25) is 11.8 Å². The molecule has 0 unspecified atom stereocenters. The van der Waals surface area contributed by atoms with E-state index in [9.17, 15) is 9.59 Å². The first kappa shape index (κ1) is 27.4. The second kappa shape index (κ2) is 11.0. The predicted molar refractivity (Wildman–Crippen MR) is 162 cm³/mol. The standard InChI is InChI=1S/C35H43N3O4/c1-41-31-10-7-23(16-32(31)42-2)21-37(12-11-27-20-36-30-6-4-3-5-29(27)30)33(39)22-38(28-8-9-28)34(40)35-17-24-13-25(18-35)15-26(14-24)19-35/h3-7,10,16,20,24-26,28,36H,8-9,11-15,17-19,21-22H2,1-2H3. The number of H-pyrrole nitrogens is 1. The summed E-state index contributed by atoms with van der Waals surface area (Å²) < 4.78 is 11.0. The van der Waals surface area contributed by atoms with Gasteiger partial charge in [0.25, 0.3) is 0 Å². The minimum absolute atomic E-state index is 0.0228. The van der Waals surface area contributed by atoms with Crippen molar-refractivity contribution in [3.05, 3.63) is 59.8 Å². The van der Waals surface area contributed by atoms with Crippen molar-refractivity contribution in [1.82, 2.24) is 14.8 Å². The van der Waals surface area contributed by atoms with Crippen LogP contribution in [0.4, 0.5) is 0 Å². The quantitative estimate of drug-likeness (QED) is 0.309. The summed E-state index contributed by atoms with van der Waals surface area (Å²) in [5.74, 6) is 3.73. The normalized spacial score (nSPS) is 25.9. The number of carbonyl (C=O) groups excluding carboxylic acids is 2. The van der Waals surface area contributed by atoms with Crippen molar-refractivity contribution >= 4 is 22.7 Å². The van der Waals surface area contributed by atoms with Crippen molar-refractivity contribution in [2.45, 2.75) is 70.4 Å². The van der Waals surface area contributed by atoms with Gasteiger partial charge in [-0.2, -0.15) is 0 Å². The Morgan fingerprint density at radius 3 is 2.29 bits per heavy atom. The van der Waals surface area contributed by atoms with Crippen LogP contribution >= 0.6 is 0 Å². The average Bonchev–Trinajstić information content (AvgIpc) is 3.76. The Balaban J connectivity index is 1.13. The number of rotatable bonds is 11. The number of fused-ring (bicyclic) bond motifs is 1. The van der Waals surface area contributed by atoms with Crippen LogP contribution in [0.3, 0.4) is 0 Å². The highest BCUT2D eigenvalue weighted by molar-refractivity contribution is 5.89. The van der Waals surface area contributed by atoms with E-state index in [4.69, 9.17) is 9.47 Å². The topological polar surface area (TPSA) is 74.9 Å². The highest BCUT2D eigenvalue weighted by Crippen LogP contribution is 2.61. The van der Waals surface area contributed by atoms with E-state index in [2.05, 4.69) is 29.4 Å². The second-order valence-electron chi connectivity index (χ2n) is 13.5. The molecule has 7 heteroatoms. The molecule has 1 heterocycles. The Kier molecular flexibility index (Phi) is 7.15. The summed E-state index contributed by atoms with van der Waals surface area (Å²) in [4.78, 5) is 35.9. The molecule has 1 aromatic heterocycles. The molecule has 0 spiro atoms. The molecule has 4 bridgehead atoms. The van der Waals surface area contributed by atoms with Gasteiger partial charge < -0.3 is 24.3 Å². The Morgan fingerprint density at radius 1 is 0.929 bits per heavy atom. The van der Waals surface area contributed by atoms with Crippen molar-refractivity contribution in [3.8, 4) is 11.5 Å². The second-order valence-corrected chi connectivity index (χ2v) is 13.5. The van der Waals surface area contributed by atoms with Crippen LogP contribution in [0.15, 0.2) is 48.7 Å². The number of benzene rings is 2. The lowest BCUT2D eigenvalue weighted by Crippen LogP contribution is -2.56. The zero-order chi connectivity index (χ0) is 28.8. The molecule has 3 aromatic rings. The molecule has 42 heavy (non-hydrogen) atoms. The van der Waals surface area contributed by atoms with Gasteiger partial charge in [-0.25, -0.2) is 0 Å². The summed E-state index contributed by atoms with van der Waals surface area (Å²) >= 11 is 0. The third kappa shape index (κ3) is 5.16. The molecular weight excluding hydrogens is 526 g/mol. The number of hydrogen-bond donors (Lipinski definition) is 1. The summed E-state index contributed by atoms with van der Waals surface area (Å²) in [6.07, 6.45) is 11.8. The van der Waals surface area contributed by atoms with Crippen molar-refractivity contribution in [2.75, 3.05) is 27.3 Å². The van der Waals surface area contributed by atoms with E-state index in [-0.39, 0.29) is 29.8 Å². The van der Waals surface area contributed by atoms with Crippen LogP contribution in [0.2, 0.25) is 0 Å². The molecule has 0 radical (unpaired) electrons. The Labute approximate surface area is 248 Å². The summed E-state index contributed by atoms with van der Waals surface area (Å²) in [5.41, 5.74) is 3.05. The van der Waals surface area contributed by atoms with E-state index < -0.39 is 0 Å². The summed E-state index contributed by atoms with van der Waals surface area (Å²) in [7, 11) is 3.26. The third-order valence-corrected chi connectivity index (χ3v) is 10.5. The lowest BCUT2D eigenvalue weighted by molar-refractivity contribution is -0.161. The fourth-order valence-corrected chi connectivity index (χ4v) is 8.76. The van der Waals surface area contributed by atoms with Gasteiger partial charge in [-0.15, -0.1) is 0 Å². The van der Waals surface area contributed by atoms with Crippen molar-refractivity contribution in [2.24, 2.45) is 23.2 Å². The van der Waals surface area contributed by atoms with E-state index >= 15 is 0 Å².